The molecule has 0 spiro atoms. The van der Waals surface area contributed by atoms with E-state index in [-0.39, 0.29) is 5.56 Å². The molecule has 1 rings (SSSR count). The number of carbonyl (C=O) groups is 1. The van der Waals surface area contributed by atoms with Gasteiger partial charge in [0.15, 0.2) is 0 Å². The molecule has 0 saturated heterocycles. The van der Waals surface area contributed by atoms with E-state index in [2.05, 4.69) is 24.1 Å². The maximum atomic E-state index is 10.6. The summed E-state index contributed by atoms with van der Waals surface area (Å²) >= 11 is 5.87. The van der Waals surface area contributed by atoms with Gasteiger partial charge in [0, 0.05) is 12.7 Å². The van der Waals surface area contributed by atoms with Gasteiger partial charge in [0.2, 0.25) is 0 Å². The van der Waals surface area contributed by atoms with Gasteiger partial charge < -0.3 is 10.4 Å². The van der Waals surface area contributed by atoms with E-state index in [0.717, 1.165) is 6.54 Å². The summed E-state index contributed by atoms with van der Waals surface area (Å²) < 4.78 is 0. The van der Waals surface area contributed by atoms with Crippen molar-refractivity contribution < 1.29 is 9.90 Å². The molecule has 0 aliphatic heterocycles. The van der Waals surface area contributed by atoms with Crippen LogP contribution in [0.2, 0.25) is 5.02 Å². The van der Waals surface area contributed by atoms with Crippen LogP contribution in [0.15, 0.2) is 12.3 Å². The lowest BCUT2D eigenvalue weighted by Crippen LogP contribution is -2.10. The number of carboxylic acids is 1. The van der Waals surface area contributed by atoms with Crippen LogP contribution in [0.25, 0.3) is 0 Å². The Kier molecular flexibility index (Phi) is 3.91. The van der Waals surface area contributed by atoms with Crippen molar-refractivity contribution >= 4 is 23.4 Å². The number of aromatic nitrogens is 1. The van der Waals surface area contributed by atoms with Crippen molar-refractivity contribution in [2.24, 2.45) is 5.92 Å². The highest BCUT2D eigenvalue weighted by atomic mass is 35.5. The monoisotopic (exact) mass is 228 g/mol. The number of nitrogens with zero attached hydrogens (tertiary/aromatic N) is 1. The highest BCUT2D eigenvalue weighted by molar-refractivity contribution is 6.33. The lowest BCUT2D eigenvalue weighted by molar-refractivity contribution is 0.0696. The molecule has 0 aliphatic rings. The van der Waals surface area contributed by atoms with Crippen LogP contribution in [-0.4, -0.2) is 22.6 Å². The largest absolute Gasteiger partial charge is 0.478 e. The molecule has 0 bridgehead atoms. The van der Waals surface area contributed by atoms with Crippen molar-refractivity contribution in [3.63, 3.8) is 0 Å². The van der Waals surface area contributed by atoms with Gasteiger partial charge in [-0.05, 0) is 12.0 Å². The van der Waals surface area contributed by atoms with Gasteiger partial charge in [0.25, 0.3) is 0 Å². The van der Waals surface area contributed by atoms with Crippen molar-refractivity contribution in [2.75, 3.05) is 11.9 Å². The summed E-state index contributed by atoms with van der Waals surface area (Å²) in [4.78, 5) is 14.6. The second-order valence-corrected chi connectivity index (χ2v) is 4.04. The van der Waals surface area contributed by atoms with E-state index in [0.29, 0.717) is 16.8 Å². The van der Waals surface area contributed by atoms with Crippen molar-refractivity contribution in [3.05, 3.63) is 22.8 Å². The first-order chi connectivity index (χ1) is 7.00. The van der Waals surface area contributed by atoms with Crippen LogP contribution < -0.4 is 5.32 Å². The minimum Gasteiger partial charge on any atom is -0.478 e. The van der Waals surface area contributed by atoms with Gasteiger partial charge in [-0.2, -0.15) is 0 Å². The third-order valence-electron chi connectivity index (χ3n) is 1.77. The predicted molar refractivity (Wildman–Crippen MR) is 59.5 cm³/mol. The predicted octanol–water partition coefficient (Wildman–Crippen LogP) is 2.50. The Morgan fingerprint density at radius 2 is 2.33 bits per heavy atom. The molecule has 0 aromatic carbocycles. The zero-order valence-corrected chi connectivity index (χ0v) is 9.38. The minimum absolute atomic E-state index is 0.0927. The lowest BCUT2D eigenvalue weighted by atomic mass is 10.2. The molecule has 0 atom stereocenters. The van der Waals surface area contributed by atoms with Gasteiger partial charge in [-0.25, -0.2) is 9.78 Å². The summed E-state index contributed by atoms with van der Waals surface area (Å²) in [6.07, 6.45) is 1.29. The first-order valence-corrected chi connectivity index (χ1v) is 5.01. The maximum absolute atomic E-state index is 10.6. The van der Waals surface area contributed by atoms with Gasteiger partial charge >= 0.3 is 5.97 Å². The van der Waals surface area contributed by atoms with Gasteiger partial charge in [-0.1, -0.05) is 25.4 Å². The number of hydrogen-bond donors (Lipinski definition) is 2. The summed E-state index contributed by atoms with van der Waals surface area (Å²) in [5, 5.41) is 12.1. The van der Waals surface area contributed by atoms with Crippen LogP contribution in [0, 0.1) is 5.92 Å². The molecule has 5 heteroatoms. The summed E-state index contributed by atoms with van der Waals surface area (Å²) in [6.45, 7) is 4.87. The van der Waals surface area contributed by atoms with Crippen molar-refractivity contribution in [1.82, 2.24) is 4.98 Å². The first-order valence-electron chi connectivity index (χ1n) is 4.63. The average Bonchev–Trinajstić information content (AvgIpc) is 2.15. The Bertz CT molecular complexity index is 366. The summed E-state index contributed by atoms with van der Waals surface area (Å²) in [7, 11) is 0. The number of carboxylic acid groups (broad SMARTS) is 1. The molecule has 82 valence electrons. The fourth-order valence-corrected chi connectivity index (χ4v) is 1.22. The van der Waals surface area contributed by atoms with Crippen LogP contribution >= 0.6 is 11.6 Å². The molecule has 0 aliphatic carbocycles. The van der Waals surface area contributed by atoms with Crippen molar-refractivity contribution in [1.29, 1.82) is 0 Å². The highest BCUT2D eigenvalue weighted by Crippen LogP contribution is 2.20. The maximum Gasteiger partial charge on any atom is 0.337 e. The third-order valence-corrected chi connectivity index (χ3v) is 2.05. The number of halogens is 1. The van der Waals surface area contributed by atoms with E-state index in [1.165, 1.54) is 12.3 Å². The van der Waals surface area contributed by atoms with Crippen molar-refractivity contribution in [3.8, 4) is 0 Å². The first kappa shape index (κ1) is 11.8. The Morgan fingerprint density at radius 1 is 1.67 bits per heavy atom. The van der Waals surface area contributed by atoms with Gasteiger partial charge in [0.1, 0.15) is 5.82 Å². The molecule has 0 amide bonds. The summed E-state index contributed by atoms with van der Waals surface area (Å²) in [6, 6.07) is 1.39. The van der Waals surface area contributed by atoms with Gasteiger partial charge in [-0.3, -0.25) is 0 Å². The van der Waals surface area contributed by atoms with Crippen LogP contribution in [-0.2, 0) is 0 Å². The van der Waals surface area contributed by atoms with E-state index in [1.807, 2.05) is 0 Å². The molecular weight excluding hydrogens is 216 g/mol. The van der Waals surface area contributed by atoms with Crippen LogP contribution in [0.4, 0.5) is 5.82 Å². The van der Waals surface area contributed by atoms with Crippen LogP contribution in [0.1, 0.15) is 24.2 Å². The Hall–Kier alpha value is -1.29. The minimum atomic E-state index is -1.03. The van der Waals surface area contributed by atoms with E-state index in [1.54, 1.807) is 0 Å². The molecule has 4 nitrogen and oxygen atoms in total. The zero-order valence-electron chi connectivity index (χ0n) is 8.62. The molecule has 0 unspecified atom stereocenters. The fraction of sp³-hybridized carbons (Fsp3) is 0.400. The van der Waals surface area contributed by atoms with E-state index >= 15 is 0 Å². The molecule has 1 aromatic heterocycles. The molecular formula is C10H13ClN2O2. The number of anilines is 1. The van der Waals surface area contributed by atoms with E-state index < -0.39 is 5.97 Å². The Labute approximate surface area is 93.3 Å². The quantitative estimate of drug-likeness (QED) is 0.831. The molecule has 1 aromatic rings. The number of pyridine rings is 1. The third kappa shape index (κ3) is 3.40. The molecule has 0 saturated carbocycles. The number of rotatable bonds is 4. The zero-order chi connectivity index (χ0) is 11.4. The fourth-order valence-electron chi connectivity index (χ4n) is 0.986. The molecule has 15 heavy (non-hydrogen) atoms. The highest BCUT2D eigenvalue weighted by Gasteiger charge is 2.08. The van der Waals surface area contributed by atoms with Crippen molar-refractivity contribution in [2.45, 2.75) is 13.8 Å². The van der Waals surface area contributed by atoms with E-state index in [4.69, 9.17) is 16.7 Å². The molecule has 1 heterocycles. The average molecular weight is 229 g/mol. The topological polar surface area (TPSA) is 62.2 Å². The summed E-state index contributed by atoms with van der Waals surface area (Å²) in [5.41, 5.74) is 0.0927. The lowest BCUT2D eigenvalue weighted by Gasteiger charge is -2.09. The Morgan fingerprint density at radius 3 is 2.80 bits per heavy atom. The summed E-state index contributed by atoms with van der Waals surface area (Å²) in [5.74, 6) is -0.0304. The normalized spacial score (nSPS) is 10.4. The molecule has 0 fully saturated rings. The van der Waals surface area contributed by atoms with Gasteiger partial charge in [-0.15, -0.1) is 0 Å². The van der Waals surface area contributed by atoms with Crippen LogP contribution in [0.5, 0.6) is 0 Å². The smallest absolute Gasteiger partial charge is 0.337 e. The SMILES string of the molecule is CC(C)CNc1ncc(C(=O)O)cc1Cl. The Balaban J connectivity index is 2.79. The van der Waals surface area contributed by atoms with E-state index in [9.17, 15) is 4.79 Å². The van der Waals surface area contributed by atoms with Crippen LogP contribution in [0.3, 0.4) is 0 Å². The number of hydrogen-bond acceptors (Lipinski definition) is 3. The second kappa shape index (κ2) is 4.98. The van der Waals surface area contributed by atoms with Gasteiger partial charge in [0.05, 0.1) is 10.6 Å². The molecule has 0 radical (unpaired) electrons. The number of aromatic carboxylic acids is 1. The standard InChI is InChI=1S/C10H13ClN2O2/c1-6(2)4-12-9-8(11)3-7(5-13-9)10(14)15/h3,5-6H,4H2,1-2H3,(H,12,13)(H,14,15). The molecule has 2 N–H and O–H groups in total. The number of nitrogens with one attached hydrogen (secondary N) is 1. The second-order valence-electron chi connectivity index (χ2n) is 3.63.